The number of hydrogen-bond acceptors (Lipinski definition) is 7. The van der Waals surface area contributed by atoms with E-state index in [4.69, 9.17) is 9.47 Å². The summed E-state index contributed by atoms with van der Waals surface area (Å²) in [5.74, 6) is 0.0635. The van der Waals surface area contributed by atoms with Gasteiger partial charge in [-0.15, -0.1) is 0 Å². The van der Waals surface area contributed by atoms with Gasteiger partial charge in [0, 0.05) is 6.54 Å². The molecule has 0 bridgehead atoms. The monoisotopic (exact) mass is 535 g/mol. The number of carbonyl (C=O) groups excluding carboxylic acids is 2. The van der Waals surface area contributed by atoms with Crippen LogP contribution in [0.4, 0.5) is 9.59 Å². The van der Waals surface area contributed by atoms with E-state index in [1.165, 1.54) is 17.1 Å². The average molecular weight is 536 g/mol. The summed E-state index contributed by atoms with van der Waals surface area (Å²) < 4.78 is 10.8. The lowest BCUT2D eigenvalue weighted by molar-refractivity contribution is -0.0448. The van der Waals surface area contributed by atoms with E-state index in [-0.39, 0.29) is 24.9 Å². The zero-order chi connectivity index (χ0) is 28.3. The lowest BCUT2D eigenvalue weighted by Gasteiger charge is -2.30. The van der Waals surface area contributed by atoms with Crippen molar-refractivity contribution in [2.45, 2.75) is 58.1 Å². The predicted molar refractivity (Wildman–Crippen MR) is 147 cm³/mol. The van der Waals surface area contributed by atoms with E-state index in [9.17, 15) is 19.8 Å². The molecule has 39 heavy (non-hydrogen) atoms. The van der Waals surface area contributed by atoms with Gasteiger partial charge in [-0.3, -0.25) is 5.43 Å². The molecule has 3 aromatic carbocycles. The Morgan fingerprint density at radius 1 is 0.872 bits per heavy atom. The molecular weight excluding hydrogens is 498 g/mol. The van der Waals surface area contributed by atoms with Crippen LogP contribution in [0.1, 0.15) is 62.6 Å². The summed E-state index contributed by atoms with van der Waals surface area (Å²) in [6.07, 6.45) is -1.46. The highest BCUT2D eigenvalue weighted by molar-refractivity contribution is 5.68. The topological polar surface area (TPSA) is 120 Å². The van der Waals surface area contributed by atoms with E-state index >= 15 is 0 Å². The number of amides is 2. The summed E-state index contributed by atoms with van der Waals surface area (Å²) in [4.78, 5) is 25.1. The Kier molecular flexibility index (Phi) is 10.7. The number of phenols is 1. The molecule has 0 saturated heterocycles. The number of hydrazine groups is 1. The van der Waals surface area contributed by atoms with Crippen molar-refractivity contribution in [3.8, 4) is 5.75 Å². The molecule has 2 amide bonds. The van der Waals surface area contributed by atoms with Gasteiger partial charge in [-0.25, -0.2) is 9.59 Å². The number of rotatable bonds is 11. The number of benzene rings is 3. The van der Waals surface area contributed by atoms with Crippen molar-refractivity contribution in [3.63, 3.8) is 0 Å². The highest BCUT2D eigenvalue weighted by Gasteiger charge is 2.24. The van der Waals surface area contributed by atoms with E-state index in [1.54, 1.807) is 32.9 Å². The minimum Gasteiger partial charge on any atom is -0.508 e. The Morgan fingerprint density at radius 3 is 2.10 bits per heavy atom. The highest BCUT2D eigenvalue weighted by Crippen LogP contribution is 2.23. The number of nitrogens with one attached hydrogen (secondary N) is 2. The van der Waals surface area contributed by atoms with Crippen molar-refractivity contribution in [2.24, 2.45) is 0 Å². The van der Waals surface area contributed by atoms with Crippen LogP contribution in [0.3, 0.4) is 0 Å². The molecule has 0 aliphatic heterocycles. The fraction of sp³-hybridized carbons (Fsp3) is 0.333. The number of ether oxygens (including phenoxy) is 2. The van der Waals surface area contributed by atoms with Crippen LogP contribution in [0.25, 0.3) is 0 Å². The molecule has 2 unspecified atom stereocenters. The summed E-state index contributed by atoms with van der Waals surface area (Å²) in [5.41, 5.74) is 4.17. The maximum Gasteiger partial charge on any atom is 0.422 e. The second-order valence-electron chi connectivity index (χ2n) is 10.1. The van der Waals surface area contributed by atoms with Crippen LogP contribution in [-0.4, -0.2) is 39.6 Å². The Balaban J connectivity index is 1.67. The second kappa shape index (κ2) is 14.2. The number of nitrogens with zero attached hydrogens (tertiary/aromatic N) is 1. The van der Waals surface area contributed by atoms with Gasteiger partial charge in [0.25, 0.3) is 0 Å². The maximum absolute atomic E-state index is 12.6. The molecule has 0 aromatic heterocycles. The SMILES string of the molecule is CC(C)(C)OC(=O)NN(CCCC(NC(=O)OCc1ccccc1)c1ccccc1)C(O)c1ccc(O)cc1. The molecule has 3 aromatic rings. The zero-order valence-electron chi connectivity index (χ0n) is 22.5. The lowest BCUT2D eigenvalue weighted by Crippen LogP contribution is -2.47. The molecule has 0 spiro atoms. The predicted octanol–water partition coefficient (Wildman–Crippen LogP) is 5.57. The lowest BCUT2D eigenvalue weighted by atomic mass is 10.0. The van der Waals surface area contributed by atoms with Crippen LogP contribution >= 0.6 is 0 Å². The fourth-order valence-electron chi connectivity index (χ4n) is 3.86. The highest BCUT2D eigenvalue weighted by atomic mass is 16.6. The maximum atomic E-state index is 12.6. The largest absolute Gasteiger partial charge is 0.508 e. The first kappa shape index (κ1) is 29.5. The molecule has 0 saturated carbocycles. The number of carbonyl (C=O) groups is 2. The van der Waals surface area contributed by atoms with Gasteiger partial charge in [0.15, 0.2) is 0 Å². The first-order valence-corrected chi connectivity index (χ1v) is 12.9. The number of aliphatic hydroxyl groups excluding tert-OH is 1. The second-order valence-corrected chi connectivity index (χ2v) is 10.1. The van der Waals surface area contributed by atoms with Gasteiger partial charge in [-0.1, -0.05) is 72.8 Å². The number of aromatic hydroxyl groups is 1. The van der Waals surface area contributed by atoms with Crippen LogP contribution in [0.15, 0.2) is 84.9 Å². The van der Waals surface area contributed by atoms with Gasteiger partial charge in [-0.05, 0) is 62.4 Å². The van der Waals surface area contributed by atoms with Crippen molar-refractivity contribution in [1.82, 2.24) is 15.8 Å². The van der Waals surface area contributed by atoms with E-state index in [1.807, 2.05) is 60.7 Å². The van der Waals surface area contributed by atoms with E-state index in [0.29, 0.717) is 18.4 Å². The van der Waals surface area contributed by atoms with Crippen LogP contribution in [0.5, 0.6) is 5.75 Å². The number of alkyl carbamates (subject to hydrolysis) is 1. The normalized spacial score (nSPS) is 12.8. The van der Waals surface area contributed by atoms with Crippen molar-refractivity contribution >= 4 is 12.2 Å². The zero-order valence-corrected chi connectivity index (χ0v) is 22.5. The van der Waals surface area contributed by atoms with Gasteiger partial charge in [-0.2, -0.15) is 5.01 Å². The van der Waals surface area contributed by atoms with E-state index in [2.05, 4.69) is 10.7 Å². The number of aliphatic hydroxyl groups is 1. The van der Waals surface area contributed by atoms with Crippen molar-refractivity contribution in [2.75, 3.05) is 6.54 Å². The molecule has 2 atom stereocenters. The van der Waals surface area contributed by atoms with Crippen molar-refractivity contribution < 1.29 is 29.3 Å². The van der Waals surface area contributed by atoms with Crippen LogP contribution < -0.4 is 10.7 Å². The van der Waals surface area contributed by atoms with Crippen molar-refractivity contribution in [3.05, 3.63) is 102 Å². The third-order valence-electron chi connectivity index (χ3n) is 5.72. The smallest absolute Gasteiger partial charge is 0.422 e. The Labute approximate surface area is 229 Å². The number of phenolic OH excluding ortho intramolecular Hbond substituents is 1. The van der Waals surface area contributed by atoms with Crippen LogP contribution in [0.2, 0.25) is 0 Å². The summed E-state index contributed by atoms with van der Waals surface area (Å²) >= 11 is 0. The molecule has 0 aliphatic rings. The van der Waals surface area contributed by atoms with Crippen LogP contribution in [-0.2, 0) is 16.1 Å². The molecule has 9 heteroatoms. The van der Waals surface area contributed by atoms with Gasteiger partial charge in [0.1, 0.15) is 24.2 Å². The van der Waals surface area contributed by atoms with Crippen molar-refractivity contribution in [1.29, 1.82) is 0 Å². The minimum absolute atomic E-state index is 0.0635. The molecule has 208 valence electrons. The first-order valence-electron chi connectivity index (χ1n) is 12.9. The van der Waals surface area contributed by atoms with Gasteiger partial charge in [0.2, 0.25) is 0 Å². The van der Waals surface area contributed by atoms with Crippen LogP contribution in [0, 0.1) is 0 Å². The van der Waals surface area contributed by atoms with Gasteiger partial charge in [0.05, 0.1) is 6.04 Å². The summed E-state index contributed by atoms with van der Waals surface area (Å²) in [6, 6.07) is 24.7. The summed E-state index contributed by atoms with van der Waals surface area (Å²) in [6.45, 7) is 5.65. The third kappa shape index (κ3) is 10.3. The van der Waals surface area contributed by atoms with Gasteiger partial charge >= 0.3 is 12.2 Å². The molecule has 0 heterocycles. The summed E-state index contributed by atoms with van der Waals surface area (Å²) in [7, 11) is 0. The molecule has 0 aliphatic carbocycles. The molecule has 4 N–H and O–H groups in total. The Bertz CT molecular complexity index is 1170. The minimum atomic E-state index is -1.20. The standard InChI is InChI=1S/C30H37N3O6/c1-30(2,3)39-29(37)32-33(27(35)24-16-18-25(34)19-17-24)20-10-15-26(23-13-8-5-9-14-23)31-28(36)38-21-22-11-6-4-7-12-22/h4-9,11-14,16-19,26-27,34-35H,10,15,20-21H2,1-3H3,(H,31,36)(H,32,37). The average Bonchev–Trinajstić information content (AvgIpc) is 2.91. The van der Waals surface area contributed by atoms with E-state index in [0.717, 1.165) is 11.1 Å². The molecular formula is C30H37N3O6. The van der Waals surface area contributed by atoms with Gasteiger partial charge < -0.3 is 25.0 Å². The number of hydrogen-bond donors (Lipinski definition) is 4. The molecule has 0 radical (unpaired) electrons. The summed E-state index contributed by atoms with van der Waals surface area (Å²) in [5, 5.41) is 24.9. The fourth-order valence-corrected chi connectivity index (χ4v) is 3.86. The Morgan fingerprint density at radius 2 is 1.49 bits per heavy atom. The third-order valence-corrected chi connectivity index (χ3v) is 5.72. The molecule has 3 rings (SSSR count). The van der Waals surface area contributed by atoms with E-state index < -0.39 is 24.0 Å². The quantitative estimate of drug-likeness (QED) is 0.187. The molecule has 0 fully saturated rings. The first-order chi connectivity index (χ1) is 18.6. The molecule has 9 nitrogen and oxygen atoms in total. The Hall–Kier alpha value is -4.08.